The summed E-state index contributed by atoms with van der Waals surface area (Å²) in [5.41, 5.74) is 4.21. The van der Waals surface area contributed by atoms with Gasteiger partial charge in [-0.3, -0.25) is 4.79 Å². The Morgan fingerprint density at radius 1 is 1.14 bits per heavy atom. The number of fused-ring (bicyclic) bond motifs is 1. The van der Waals surface area contributed by atoms with Crippen LogP contribution in [0.2, 0.25) is 0 Å². The quantitative estimate of drug-likeness (QED) is 0.483. The van der Waals surface area contributed by atoms with Crippen molar-refractivity contribution in [2.24, 2.45) is 5.73 Å². The van der Waals surface area contributed by atoms with Crippen molar-refractivity contribution >= 4 is 49.7 Å². The van der Waals surface area contributed by atoms with Crippen LogP contribution in [0, 0.1) is 0 Å². The van der Waals surface area contributed by atoms with Gasteiger partial charge in [0.05, 0.1) is 5.52 Å². The fraction of sp³-hybridized carbons (Fsp3) is 0.304. The van der Waals surface area contributed by atoms with E-state index in [-0.39, 0.29) is 42.9 Å². The van der Waals surface area contributed by atoms with E-state index in [9.17, 15) is 26.4 Å². The third kappa shape index (κ3) is 4.91. The van der Waals surface area contributed by atoms with Gasteiger partial charge < -0.3 is 15.6 Å². The van der Waals surface area contributed by atoms with Crippen LogP contribution in [0.3, 0.4) is 0 Å². The van der Waals surface area contributed by atoms with Crippen molar-refractivity contribution in [1.29, 1.82) is 0 Å². The lowest BCUT2D eigenvalue weighted by atomic mass is 10.0. The Bertz CT molecular complexity index is 1410. The van der Waals surface area contributed by atoms with Gasteiger partial charge in [-0.25, -0.2) is 8.42 Å². The number of anilines is 1. The minimum atomic E-state index is -5.37. The summed E-state index contributed by atoms with van der Waals surface area (Å²) in [5, 5.41) is 3.61. The minimum absolute atomic E-state index is 0.204. The molecule has 0 saturated carbocycles. The van der Waals surface area contributed by atoms with E-state index < -0.39 is 15.5 Å². The summed E-state index contributed by atoms with van der Waals surface area (Å²) in [6.07, 6.45) is 2.31. The third-order valence-electron chi connectivity index (χ3n) is 6.06. The molecule has 0 unspecified atom stereocenters. The smallest absolute Gasteiger partial charge is 0.389 e. The number of amides is 1. The summed E-state index contributed by atoms with van der Waals surface area (Å²) in [5.74, 6) is -0.238. The number of carbonyl (C=O) groups excluding carboxylic acids is 1. The van der Waals surface area contributed by atoms with E-state index >= 15 is 0 Å². The number of halogens is 3. The highest BCUT2D eigenvalue weighted by Crippen LogP contribution is 2.38. The van der Waals surface area contributed by atoms with E-state index in [2.05, 4.69) is 5.32 Å². The number of hydrogen-bond donors (Lipinski definition) is 2. The number of nitrogens with two attached hydrogens (primary N) is 1. The summed E-state index contributed by atoms with van der Waals surface area (Å²) >= 11 is 5.10. The van der Waals surface area contributed by atoms with Crippen LogP contribution in [0.25, 0.3) is 22.0 Å². The number of thiocarbonyl (C=S) groups is 1. The Balaban J connectivity index is 1.75. The first-order chi connectivity index (χ1) is 16.4. The number of hydrogen-bond acceptors (Lipinski definition) is 4. The van der Waals surface area contributed by atoms with Gasteiger partial charge in [0.15, 0.2) is 0 Å². The van der Waals surface area contributed by atoms with Gasteiger partial charge in [-0.2, -0.15) is 17.5 Å². The lowest BCUT2D eigenvalue weighted by Crippen LogP contribution is -2.45. The molecule has 12 heteroatoms. The number of carbonyl (C=O) groups is 1. The molecule has 1 aromatic heterocycles. The van der Waals surface area contributed by atoms with Crippen LogP contribution in [-0.4, -0.2) is 46.8 Å². The largest absolute Gasteiger partial charge is 0.511 e. The summed E-state index contributed by atoms with van der Waals surface area (Å²) in [6.45, 7) is 0.903. The van der Waals surface area contributed by atoms with Crippen LogP contribution in [0.1, 0.15) is 31.4 Å². The van der Waals surface area contributed by atoms with Crippen molar-refractivity contribution in [3.05, 3.63) is 54.2 Å². The highest BCUT2D eigenvalue weighted by Gasteiger charge is 2.50. The molecule has 2 aromatic carbocycles. The van der Waals surface area contributed by atoms with Gasteiger partial charge in [-0.1, -0.05) is 36.5 Å². The molecule has 0 radical (unpaired) electrons. The molecule has 0 bridgehead atoms. The van der Waals surface area contributed by atoms with E-state index in [1.165, 1.54) is 6.92 Å². The van der Waals surface area contributed by atoms with E-state index in [4.69, 9.17) is 18.0 Å². The second-order valence-corrected chi connectivity index (χ2v) is 10.8. The van der Waals surface area contributed by atoms with Crippen LogP contribution in [0.4, 0.5) is 18.9 Å². The molecule has 1 aliphatic heterocycles. The van der Waals surface area contributed by atoms with Gasteiger partial charge in [-0.05, 0) is 36.6 Å². The Labute approximate surface area is 205 Å². The first-order valence-electron chi connectivity index (χ1n) is 10.8. The lowest BCUT2D eigenvalue weighted by Gasteiger charge is -2.32. The Hall–Kier alpha value is -2.96. The monoisotopic (exact) mass is 524 g/mol. The van der Waals surface area contributed by atoms with Crippen molar-refractivity contribution in [1.82, 2.24) is 8.87 Å². The zero-order chi connectivity index (χ0) is 25.5. The molecule has 3 N–H and O–H groups in total. The molecular formula is C23H23F3N4O3S2. The first kappa shape index (κ1) is 25.1. The standard InChI is InChI=1S/C23H23F3N4O3S2/c1-14(31)28-17-5-6-19-20(15-3-2-4-16(11-15)22(27)34)13-30(21(19)12-17)18-7-9-29(10-8-18)35(32,33)23(24,25)26/h2-6,11-13,18H,7-10H2,1H3,(H2,27,34)(H,28,31). The van der Waals surface area contributed by atoms with E-state index in [0.717, 1.165) is 22.0 Å². The maximum atomic E-state index is 13.0. The van der Waals surface area contributed by atoms with Crippen LogP contribution < -0.4 is 11.1 Å². The van der Waals surface area contributed by atoms with Gasteiger partial charge in [-0.15, -0.1) is 0 Å². The molecule has 35 heavy (non-hydrogen) atoms. The van der Waals surface area contributed by atoms with Crippen molar-refractivity contribution in [3.63, 3.8) is 0 Å². The Kier molecular flexibility index (Phi) is 6.64. The first-order valence-corrected chi connectivity index (χ1v) is 12.6. The predicted molar refractivity (Wildman–Crippen MR) is 132 cm³/mol. The maximum Gasteiger partial charge on any atom is 0.511 e. The summed E-state index contributed by atoms with van der Waals surface area (Å²) < 4.78 is 65.0. The molecule has 0 aliphatic carbocycles. The number of sulfonamides is 1. The number of nitrogens with one attached hydrogen (secondary N) is 1. The molecule has 1 saturated heterocycles. The molecule has 2 heterocycles. The molecule has 3 aromatic rings. The van der Waals surface area contributed by atoms with Crippen molar-refractivity contribution in [2.45, 2.75) is 31.3 Å². The zero-order valence-corrected chi connectivity index (χ0v) is 20.3. The number of aromatic nitrogens is 1. The number of alkyl halides is 3. The molecule has 1 aliphatic rings. The van der Waals surface area contributed by atoms with Crippen LogP contribution >= 0.6 is 12.2 Å². The van der Waals surface area contributed by atoms with Gasteiger partial charge >= 0.3 is 15.5 Å². The fourth-order valence-corrected chi connectivity index (χ4v) is 5.52. The molecule has 0 spiro atoms. The average molecular weight is 525 g/mol. The predicted octanol–water partition coefficient (Wildman–Crippen LogP) is 4.39. The van der Waals surface area contributed by atoms with Crippen molar-refractivity contribution in [3.8, 4) is 11.1 Å². The Morgan fingerprint density at radius 2 is 1.83 bits per heavy atom. The number of nitrogens with zero attached hydrogens (tertiary/aromatic N) is 2. The molecular weight excluding hydrogens is 501 g/mol. The van der Waals surface area contributed by atoms with Crippen LogP contribution in [0.5, 0.6) is 0 Å². The lowest BCUT2D eigenvalue weighted by molar-refractivity contribution is -0.114. The van der Waals surface area contributed by atoms with E-state index in [0.29, 0.717) is 15.6 Å². The SMILES string of the molecule is CC(=O)Nc1ccc2c(-c3cccc(C(N)=S)c3)cn(C3CCN(S(=O)(=O)C(F)(F)F)CC3)c2c1. The molecule has 1 fully saturated rings. The number of rotatable bonds is 5. The normalized spacial score (nSPS) is 15.9. The zero-order valence-electron chi connectivity index (χ0n) is 18.7. The summed E-state index contributed by atoms with van der Waals surface area (Å²) in [4.78, 5) is 11.8. The van der Waals surface area contributed by atoms with Gasteiger partial charge in [0.1, 0.15) is 4.99 Å². The summed E-state index contributed by atoms with van der Waals surface area (Å²) in [7, 11) is -5.37. The van der Waals surface area contributed by atoms with E-state index in [1.807, 2.05) is 35.0 Å². The van der Waals surface area contributed by atoms with Gasteiger partial charge in [0.25, 0.3) is 0 Å². The Morgan fingerprint density at radius 3 is 2.43 bits per heavy atom. The van der Waals surface area contributed by atoms with Gasteiger partial charge in [0, 0.05) is 54.5 Å². The van der Waals surface area contributed by atoms with Crippen molar-refractivity contribution in [2.75, 3.05) is 18.4 Å². The maximum absolute atomic E-state index is 13.0. The number of piperidine rings is 1. The second-order valence-electron chi connectivity index (χ2n) is 8.39. The number of benzene rings is 2. The van der Waals surface area contributed by atoms with Crippen molar-refractivity contribution < 1.29 is 26.4 Å². The highest BCUT2D eigenvalue weighted by molar-refractivity contribution is 7.90. The molecule has 186 valence electrons. The van der Waals surface area contributed by atoms with Crippen LogP contribution in [0.15, 0.2) is 48.7 Å². The second kappa shape index (κ2) is 9.25. The fourth-order valence-electron chi connectivity index (χ4n) is 4.41. The van der Waals surface area contributed by atoms with Crippen LogP contribution in [-0.2, 0) is 14.8 Å². The van der Waals surface area contributed by atoms with Gasteiger partial charge in [0.2, 0.25) is 5.91 Å². The summed E-state index contributed by atoms with van der Waals surface area (Å²) in [6, 6.07) is 12.6. The molecule has 1 amide bonds. The molecule has 0 atom stereocenters. The molecule has 7 nitrogen and oxygen atoms in total. The molecule has 4 rings (SSSR count). The minimum Gasteiger partial charge on any atom is -0.389 e. The third-order valence-corrected chi connectivity index (χ3v) is 7.93. The average Bonchev–Trinajstić information content (AvgIpc) is 3.17. The highest BCUT2D eigenvalue weighted by atomic mass is 32.2. The topological polar surface area (TPSA) is 97.4 Å². The van der Waals surface area contributed by atoms with E-state index in [1.54, 1.807) is 18.2 Å².